The summed E-state index contributed by atoms with van der Waals surface area (Å²) in [6.07, 6.45) is 1.22. The van der Waals surface area contributed by atoms with Gasteiger partial charge in [0.1, 0.15) is 0 Å². The van der Waals surface area contributed by atoms with Gasteiger partial charge in [-0.2, -0.15) is 0 Å². The van der Waals surface area contributed by atoms with E-state index in [0.717, 1.165) is 6.08 Å². The molecule has 0 radical (unpaired) electrons. The molecule has 70 valence electrons. The third kappa shape index (κ3) is 5.10. The Morgan fingerprint density at radius 1 is 1.75 bits per heavy atom. The number of hydrogen-bond acceptors (Lipinski definition) is 2. The van der Waals surface area contributed by atoms with Crippen LogP contribution in [0.5, 0.6) is 0 Å². The van der Waals surface area contributed by atoms with Gasteiger partial charge in [0.15, 0.2) is 8.03 Å². The van der Waals surface area contributed by atoms with Crippen LogP contribution in [-0.2, 0) is 9.36 Å². The number of nitrogens with one attached hydrogen (secondary N) is 1. The van der Waals surface area contributed by atoms with Crippen LogP contribution in [0, 0.1) is 0 Å². The van der Waals surface area contributed by atoms with Crippen LogP contribution < -0.4 is 5.32 Å². The lowest BCUT2D eigenvalue weighted by molar-refractivity contribution is -0.117. The first kappa shape index (κ1) is 11.4. The number of amides is 1. The SMILES string of the molecule is C=CC(=O)NC(C)(C)C[PH](=O)O. The highest BCUT2D eigenvalue weighted by Gasteiger charge is 2.20. The molecule has 0 aromatic heterocycles. The summed E-state index contributed by atoms with van der Waals surface area (Å²) in [4.78, 5) is 19.5. The normalized spacial score (nSPS) is 13.6. The molecule has 0 fully saturated rings. The van der Waals surface area contributed by atoms with Crippen molar-refractivity contribution in [3.05, 3.63) is 12.7 Å². The zero-order valence-corrected chi connectivity index (χ0v) is 8.26. The molecule has 0 aliphatic carbocycles. The van der Waals surface area contributed by atoms with Crippen molar-refractivity contribution < 1.29 is 14.3 Å². The van der Waals surface area contributed by atoms with Crippen LogP contribution in [0.25, 0.3) is 0 Å². The highest BCUT2D eigenvalue weighted by molar-refractivity contribution is 7.38. The van der Waals surface area contributed by atoms with Gasteiger partial charge >= 0.3 is 0 Å². The Morgan fingerprint density at radius 2 is 2.25 bits per heavy atom. The maximum absolute atomic E-state index is 10.8. The van der Waals surface area contributed by atoms with Crippen molar-refractivity contribution in [2.45, 2.75) is 19.4 Å². The maximum atomic E-state index is 10.8. The Hall–Kier alpha value is -0.600. The molecule has 0 spiro atoms. The molecule has 0 rings (SSSR count). The first-order valence-electron chi connectivity index (χ1n) is 3.54. The van der Waals surface area contributed by atoms with Crippen LogP contribution in [0.2, 0.25) is 0 Å². The molecule has 0 aliphatic heterocycles. The van der Waals surface area contributed by atoms with Gasteiger partial charge < -0.3 is 10.2 Å². The van der Waals surface area contributed by atoms with E-state index in [1.807, 2.05) is 0 Å². The van der Waals surface area contributed by atoms with E-state index in [1.165, 1.54) is 0 Å². The molecule has 1 atom stereocenters. The summed E-state index contributed by atoms with van der Waals surface area (Å²) in [5.41, 5.74) is -0.643. The van der Waals surface area contributed by atoms with Crippen LogP contribution in [0.4, 0.5) is 0 Å². The van der Waals surface area contributed by atoms with Gasteiger partial charge in [0.05, 0.1) is 0 Å². The number of carbonyl (C=O) groups is 1. The van der Waals surface area contributed by atoms with E-state index in [2.05, 4.69) is 11.9 Å². The minimum atomic E-state index is -2.54. The number of carbonyl (C=O) groups excluding carboxylic acids is 1. The van der Waals surface area contributed by atoms with Crippen molar-refractivity contribution in [1.29, 1.82) is 0 Å². The lowest BCUT2D eigenvalue weighted by Gasteiger charge is -2.23. The van der Waals surface area contributed by atoms with E-state index < -0.39 is 13.6 Å². The zero-order valence-electron chi connectivity index (χ0n) is 7.26. The largest absolute Gasteiger partial charge is 0.347 e. The van der Waals surface area contributed by atoms with Crippen molar-refractivity contribution >= 4 is 13.9 Å². The molecule has 1 unspecified atom stereocenters. The first-order valence-corrected chi connectivity index (χ1v) is 5.10. The Morgan fingerprint density at radius 3 is 2.58 bits per heavy atom. The molecular weight excluding hydrogens is 177 g/mol. The van der Waals surface area contributed by atoms with E-state index in [1.54, 1.807) is 13.8 Å². The summed E-state index contributed by atoms with van der Waals surface area (Å²) in [5.74, 6) is -0.330. The second-order valence-corrected chi connectivity index (χ2v) is 4.29. The topological polar surface area (TPSA) is 66.4 Å². The Balaban J connectivity index is 4.11. The minimum absolute atomic E-state index is 0.0806. The fourth-order valence-electron chi connectivity index (χ4n) is 0.807. The van der Waals surface area contributed by atoms with Crippen LogP contribution in [-0.4, -0.2) is 22.5 Å². The Bertz CT molecular complexity index is 213. The van der Waals surface area contributed by atoms with Crippen LogP contribution in [0.1, 0.15) is 13.8 Å². The molecule has 2 N–H and O–H groups in total. The van der Waals surface area contributed by atoms with Gasteiger partial charge in [-0.05, 0) is 19.9 Å². The zero-order chi connectivity index (χ0) is 9.78. The smallest absolute Gasteiger partial charge is 0.243 e. The van der Waals surface area contributed by atoms with Crippen molar-refractivity contribution in [2.24, 2.45) is 0 Å². The van der Waals surface area contributed by atoms with Crippen LogP contribution >= 0.6 is 8.03 Å². The third-order valence-corrected chi connectivity index (χ3v) is 2.43. The van der Waals surface area contributed by atoms with Gasteiger partial charge in [0, 0.05) is 11.7 Å². The average molecular weight is 191 g/mol. The summed E-state index contributed by atoms with van der Waals surface area (Å²) in [5, 5.41) is 2.55. The number of rotatable bonds is 4. The van der Waals surface area contributed by atoms with Gasteiger partial charge in [-0.3, -0.25) is 9.36 Å². The second-order valence-electron chi connectivity index (χ2n) is 3.15. The quantitative estimate of drug-likeness (QED) is 0.503. The van der Waals surface area contributed by atoms with E-state index in [-0.39, 0.29) is 12.1 Å². The van der Waals surface area contributed by atoms with Crippen LogP contribution in [0.3, 0.4) is 0 Å². The van der Waals surface area contributed by atoms with Crippen molar-refractivity contribution in [3.63, 3.8) is 0 Å². The highest BCUT2D eigenvalue weighted by Crippen LogP contribution is 2.20. The molecule has 0 aromatic carbocycles. The lowest BCUT2D eigenvalue weighted by Crippen LogP contribution is -2.44. The van der Waals surface area contributed by atoms with E-state index in [9.17, 15) is 9.36 Å². The fourth-order valence-corrected chi connectivity index (χ4v) is 1.65. The molecule has 0 aromatic rings. The van der Waals surface area contributed by atoms with E-state index in [0.29, 0.717) is 0 Å². The molecule has 5 heteroatoms. The van der Waals surface area contributed by atoms with Crippen LogP contribution in [0.15, 0.2) is 12.7 Å². The fraction of sp³-hybridized carbons (Fsp3) is 0.571. The molecule has 0 aliphatic rings. The molecule has 0 heterocycles. The van der Waals surface area contributed by atoms with Gasteiger partial charge in [-0.25, -0.2) is 0 Å². The van der Waals surface area contributed by atoms with Gasteiger partial charge in [-0.1, -0.05) is 6.58 Å². The Labute approximate surface area is 72.5 Å². The number of hydrogen-bond donors (Lipinski definition) is 2. The lowest BCUT2D eigenvalue weighted by atomic mass is 10.1. The molecule has 1 amide bonds. The molecule has 0 bridgehead atoms. The summed E-state index contributed by atoms with van der Waals surface area (Å²) >= 11 is 0. The minimum Gasteiger partial charge on any atom is -0.347 e. The predicted molar refractivity (Wildman–Crippen MR) is 48.5 cm³/mol. The van der Waals surface area contributed by atoms with Gasteiger partial charge in [-0.15, -0.1) is 0 Å². The summed E-state index contributed by atoms with van der Waals surface area (Å²) in [6.45, 7) is 6.65. The predicted octanol–water partition coefficient (Wildman–Crippen LogP) is 0.534. The first-order chi connectivity index (χ1) is 5.37. The van der Waals surface area contributed by atoms with E-state index in [4.69, 9.17) is 4.89 Å². The summed E-state index contributed by atoms with van der Waals surface area (Å²) < 4.78 is 10.5. The molecular formula is C7H14NO3P. The monoisotopic (exact) mass is 191 g/mol. The van der Waals surface area contributed by atoms with Gasteiger partial charge in [0.2, 0.25) is 5.91 Å². The van der Waals surface area contributed by atoms with Gasteiger partial charge in [0.25, 0.3) is 0 Å². The highest BCUT2D eigenvalue weighted by atomic mass is 31.1. The van der Waals surface area contributed by atoms with Crippen molar-refractivity contribution in [3.8, 4) is 0 Å². The molecule has 12 heavy (non-hydrogen) atoms. The summed E-state index contributed by atoms with van der Waals surface area (Å²) in [7, 11) is -2.54. The van der Waals surface area contributed by atoms with Crippen molar-refractivity contribution in [1.82, 2.24) is 5.32 Å². The summed E-state index contributed by atoms with van der Waals surface area (Å²) in [6, 6.07) is 0. The molecule has 0 saturated carbocycles. The standard InChI is InChI=1S/C7H14NO3P/c1-4-6(9)8-7(2,3)5-12(10)11/h4,12H,1,5H2,2-3H3,(H,8,9)(H,10,11). The maximum Gasteiger partial charge on any atom is 0.243 e. The van der Waals surface area contributed by atoms with E-state index >= 15 is 0 Å². The molecule has 4 nitrogen and oxygen atoms in total. The molecule has 0 saturated heterocycles. The van der Waals surface area contributed by atoms with Crippen molar-refractivity contribution in [2.75, 3.05) is 6.16 Å². The third-order valence-electron chi connectivity index (χ3n) is 1.24. The Kier molecular flexibility index (Phi) is 4.21. The second kappa shape index (κ2) is 4.43. The average Bonchev–Trinajstić information content (AvgIpc) is 1.83.